The Morgan fingerprint density at radius 3 is 2.26 bits per heavy atom. The molecular formula is C27H46O4. The third kappa shape index (κ3) is 3.59. The summed E-state index contributed by atoms with van der Waals surface area (Å²) in [6.45, 7) is 11.3. The molecule has 4 heteroatoms. The van der Waals surface area contributed by atoms with E-state index in [4.69, 9.17) is 0 Å². The number of carboxylic acids is 1. The van der Waals surface area contributed by atoms with E-state index in [9.17, 15) is 20.1 Å². The Hall–Kier alpha value is -0.610. The summed E-state index contributed by atoms with van der Waals surface area (Å²) < 4.78 is 0. The molecule has 0 aliphatic heterocycles. The van der Waals surface area contributed by atoms with Gasteiger partial charge in [0.05, 0.1) is 18.1 Å². The topological polar surface area (TPSA) is 77.8 Å². The Morgan fingerprint density at radius 2 is 1.61 bits per heavy atom. The summed E-state index contributed by atoms with van der Waals surface area (Å²) in [6, 6.07) is 0. The first-order valence-corrected chi connectivity index (χ1v) is 13.1. The standard InChI is InChI=1S/C27H46O4/c1-6-18-22-14-17(28)9-11-27(22,5)21-10-12-26(4)19(15(2)13-16(3)25(30)31)7-8-20(26)23(21)24(18)29/h15-24,28-29H,6-14H2,1-5H3,(H,30,31)/t15-,16-,17-,18-,19-,20?,21?,22+,23?,24-,26-,27-/m1/s1. The number of aliphatic hydroxyl groups is 2. The van der Waals surface area contributed by atoms with Gasteiger partial charge in [-0.25, -0.2) is 0 Å². The molecule has 0 heterocycles. The molecule has 0 spiro atoms. The van der Waals surface area contributed by atoms with Gasteiger partial charge in [-0.3, -0.25) is 4.79 Å². The van der Waals surface area contributed by atoms with Crippen LogP contribution in [0.15, 0.2) is 0 Å². The highest BCUT2D eigenvalue weighted by Crippen LogP contribution is 2.69. The van der Waals surface area contributed by atoms with Crippen molar-refractivity contribution in [3.05, 3.63) is 0 Å². The number of hydrogen-bond acceptors (Lipinski definition) is 3. The van der Waals surface area contributed by atoms with Crippen molar-refractivity contribution >= 4 is 5.97 Å². The first-order valence-electron chi connectivity index (χ1n) is 13.1. The summed E-state index contributed by atoms with van der Waals surface area (Å²) in [6.07, 6.45) is 8.95. The van der Waals surface area contributed by atoms with E-state index in [1.807, 2.05) is 6.92 Å². The number of hydrogen-bond donors (Lipinski definition) is 3. The fraction of sp³-hybridized carbons (Fsp3) is 0.963. The number of fused-ring (bicyclic) bond motifs is 5. The molecule has 4 fully saturated rings. The highest BCUT2D eigenvalue weighted by atomic mass is 16.4. The normalized spacial score (nSPS) is 51.3. The van der Waals surface area contributed by atoms with Crippen LogP contribution in [0, 0.1) is 58.2 Å². The van der Waals surface area contributed by atoms with Crippen LogP contribution in [0.2, 0.25) is 0 Å². The lowest BCUT2D eigenvalue weighted by Crippen LogP contribution is -2.62. The zero-order valence-electron chi connectivity index (χ0n) is 20.4. The van der Waals surface area contributed by atoms with Crippen LogP contribution in [0.1, 0.15) is 92.4 Å². The van der Waals surface area contributed by atoms with Crippen molar-refractivity contribution in [1.29, 1.82) is 0 Å². The zero-order chi connectivity index (χ0) is 22.7. The minimum absolute atomic E-state index is 0.197. The molecule has 4 aliphatic rings. The number of aliphatic carboxylic acids is 1. The molecule has 0 aromatic carbocycles. The van der Waals surface area contributed by atoms with Gasteiger partial charge in [-0.15, -0.1) is 0 Å². The van der Waals surface area contributed by atoms with Gasteiger partial charge in [-0.1, -0.05) is 41.0 Å². The Kier molecular flexibility index (Phi) is 6.31. The fourth-order valence-electron chi connectivity index (χ4n) is 9.76. The molecule has 12 atom stereocenters. The smallest absolute Gasteiger partial charge is 0.306 e. The third-order valence-electron chi connectivity index (χ3n) is 11.3. The summed E-state index contributed by atoms with van der Waals surface area (Å²) in [5, 5.41) is 31.6. The average molecular weight is 435 g/mol. The maximum Gasteiger partial charge on any atom is 0.306 e. The van der Waals surface area contributed by atoms with Gasteiger partial charge in [0.15, 0.2) is 0 Å². The number of rotatable bonds is 5. The third-order valence-corrected chi connectivity index (χ3v) is 11.3. The molecule has 0 bridgehead atoms. The van der Waals surface area contributed by atoms with Gasteiger partial charge in [-0.05, 0) is 104 Å². The molecule has 4 nitrogen and oxygen atoms in total. The quantitative estimate of drug-likeness (QED) is 0.544. The molecule has 0 radical (unpaired) electrons. The predicted octanol–water partition coefficient (Wildman–Crippen LogP) is 5.36. The summed E-state index contributed by atoms with van der Waals surface area (Å²) in [7, 11) is 0. The van der Waals surface area contributed by atoms with Crippen molar-refractivity contribution in [2.75, 3.05) is 0 Å². The fourth-order valence-corrected chi connectivity index (χ4v) is 9.76. The minimum atomic E-state index is -0.679. The van der Waals surface area contributed by atoms with Crippen molar-refractivity contribution in [3.63, 3.8) is 0 Å². The maximum atomic E-state index is 11.7. The molecule has 31 heavy (non-hydrogen) atoms. The van der Waals surface area contributed by atoms with Gasteiger partial charge in [0.2, 0.25) is 0 Å². The number of carbonyl (C=O) groups is 1. The Bertz CT molecular complexity index is 678. The SMILES string of the molecule is CC[C@H]1[C@@H](O)C2C3CC[C@H]([C@H](C)C[C@@H](C)C(=O)O)[C@@]3(C)CCC2[C@@]2(C)CC[C@@H](O)C[C@@H]12. The van der Waals surface area contributed by atoms with E-state index in [-0.39, 0.29) is 29.0 Å². The van der Waals surface area contributed by atoms with E-state index in [2.05, 4.69) is 27.7 Å². The predicted molar refractivity (Wildman–Crippen MR) is 122 cm³/mol. The van der Waals surface area contributed by atoms with E-state index >= 15 is 0 Å². The number of aliphatic hydroxyl groups excluding tert-OH is 2. The number of carboxylic acid groups (broad SMARTS) is 1. The van der Waals surface area contributed by atoms with Crippen LogP contribution in [0.5, 0.6) is 0 Å². The van der Waals surface area contributed by atoms with Crippen LogP contribution < -0.4 is 0 Å². The first-order chi connectivity index (χ1) is 14.5. The highest BCUT2D eigenvalue weighted by Gasteiger charge is 2.64. The first kappa shape index (κ1) is 23.5. The molecule has 0 saturated heterocycles. The largest absolute Gasteiger partial charge is 0.481 e. The summed E-state index contributed by atoms with van der Waals surface area (Å²) >= 11 is 0. The van der Waals surface area contributed by atoms with Gasteiger partial charge in [0, 0.05) is 0 Å². The highest BCUT2D eigenvalue weighted by molar-refractivity contribution is 5.69. The van der Waals surface area contributed by atoms with Crippen molar-refractivity contribution in [2.45, 2.75) is 105 Å². The molecule has 4 saturated carbocycles. The molecule has 4 rings (SSSR count). The van der Waals surface area contributed by atoms with Crippen LogP contribution in [-0.4, -0.2) is 33.5 Å². The summed E-state index contributed by atoms with van der Waals surface area (Å²) in [5.74, 6) is 2.23. The van der Waals surface area contributed by atoms with Crippen LogP contribution in [-0.2, 0) is 4.79 Å². The van der Waals surface area contributed by atoms with E-state index in [1.54, 1.807) is 0 Å². The lowest BCUT2D eigenvalue weighted by atomic mass is 9.41. The molecule has 4 aliphatic carbocycles. The van der Waals surface area contributed by atoms with Gasteiger partial charge < -0.3 is 15.3 Å². The maximum absolute atomic E-state index is 11.7. The van der Waals surface area contributed by atoms with Crippen molar-refractivity contribution in [1.82, 2.24) is 0 Å². The second-order valence-electron chi connectivity index (χ2n) is 12.6. The summed E-state index contributed by atoms with van der Waals surface area (Å²) in [4.78, 5) is 11.5. The Balaban J connectivity index is 1.61. The molecule has 0 aromatic heterocycles. The van der Waals surface area contributed by atoms with Crippen molar-refractivity contribution in [2.24, 2.45) is 58.2 Å². The van der Waals surface area contributed by atoms with Gasteiger partial charge in [-0.2, -0.15) is 0 Å². The van der Waals surface area contributed by atoms with Crippen LogP contribution >= 0.6 is 0 Å². The molecular weight excluding hydrogens is 388 g/mol. The molecule has 3 N–H and O–H groups in total. The second kappa shape index (κ2) is 8.31. The lowest BCUT2D eigenvalue weighted by molar-refractivity contribution is -0.203. The van der Waals surface area contributed by atoms with Gasteiger partial charge >= 0.3 is 5.97 Å². The van der Waals surface area contributed by atoms with Crippen LogP contribution in [0.4, 0.5) is 0 Å². The van der Waals surface area contributed by atoms with E-state index in [0.717, 1.165) is 32.1 Å². The van der Waals surface area contributed by atoms with E-state index in [0.29, 0.717) is 41.4 Å². The van der Waals surface area contributed by atoms with Crippen LogP contribution in [0.25, 0.3) is 0 Å². The van der Waals surface area contributed by atoms with Gasteiger partial charge in [0.1, 0.15) is 0 Å². The van der Waals surface area contributed by atoms with Crippen molar-refractivity contribution in [3.8, 4) is 0 Å². The lowest BCUT2D eigenvalue weighted by Gasteiger charge is -2.64. The molecule has 3 unspecified atom stereocenters. The minimum Gasteiger partial charge on any atom is -0.481 e. The van der Waals surface area contributed by atoms with E-state index < -0.39 is 5.97 Å². The van der Waals surface area contributed by atoms with Crippen LogP contribution in [0.3, 0.4) is 0 Å². The monoisotopic (exact) mass is 434 g/mol. The average Bonchev–Trinajstić information content (AvgIpc) is 3.06. The second-order valence-corrected chi connectivity index (χ2v) is 12.6. The Morgan fingerprint density at radius 1 is 0.968 bits per heavy atom. The molecule has 178 valence electrons. The van der Waals surface area contributed by atoms with Gasteiger partial charge in [0.25, 0.3) is 0 Å². The van der Waals surface area contributed by atoms with E-state index in [1.165, 1.54) is 25.7 Å². The molecule has 0 aromatic rings. The summed E-state index contributed by atoms with van der Waals surface area (Å²) in [5.41, 5.74) is 0.460. The van der Waals surface area contributed by atoms with Crippen molar-refractivity contribution < 1.29 is 20.1 Å². The Labute approximate surface area is 189 Å². The zero-order valence-corrected chi connectivity index (χ0v) is 20.4. The molecule has 0 amide bonds.